The minimum absolute atomic E-state index is 0.281. The van der Waals surface area contributed by atoms with E-state index in [1.807, 2.05) is 61.5 Å². The fraction of sp³-hybridized carbons (Fsp3) is 0.211. The molecule has 5 nitrogen and oxygen atoms in total. The minimum atomic E-state index is -1.36. The standard InChI is InChI=1S/C19H19N3O2/c1-22(2)16-10-6-9-15(11-16)18(23)17(12-20)19(24)21-13-14-7-4-3-5-8-14/h3-11,17H,13H2,1-2H3,(H,21,24). The smallest absolute Gasteiger partial charge is 0.245 e. The van der Waals surface area contributed by atoms with Crippen LogP contribution in [0.3, 0.4) is 0 Å². The van der Waals surface area contributed by atoms with Crippen LogP contribution in [-0.4, -0.2) is 25.8 Å². The van der Waals surface area contributed by atoms with Gasteiger partial charge < -0.3 is 10.2 Å². The van der Waals surface area contributed by atoms with Crippen molar-refractivity contribution >= 4 is 17.4 Å². The number of nitrogens with zero attached hydrogens (tertiary/aromatic N) is 2. The van der Waals surface area contributed by atoms with E-state index in [1.54, 1.807) is 18.2 Å². The van der Waals surface area contributed by atoms with E-state index in [4.69, 9.17) is 0 Å². The number of Topliss-reactive ketones (excluding diaryl/α,β-unsaturated/α-hetero) is 1. The van der Waals surface area contributed by atoms with Gasteiger partial charge in [0.15, 0.2) is 11.7 Å². The first kappa shape index (κ1) is 17.2. The van der Waals surface area contributed by atoms with Crippen molar-refractivity contribution in [1.82, 2.24) is 5.32 Å². The number of rotatable bonds is 6. The van der Waals surface area contributed by atoms with Crippen molar-refractivity contribution in [3.8, 4) is 6.07 Å². The first-order valence-corrected chi connectivity index (χ1v) is 7.56. The summed E-state index contributed by atoms with van der Waals surface area (Å²) < 4.78 is 0. The second kappa shape index (κ2) is 7.93. The highest BCUT2D eigenvalue weighted by Gasteiger charge is 2.27. The Labute approximate surface area is 141 Å². The van der Waals surface area contributed by atoms with Gasteiger partial charge in [0.2, 0.25) is 5.91 Å². The van der Waals surface area contributed by atoms with Gasteiger partial charge >= 0.3 is 0 Å². The highest BCUT2D eigenvalue weighted by atomic mass is 16.2. The van der Waals surface area contributed by atoms with E-state index in [-0.39, 0.29) is 6.54 Å². The summed E-state index contributed by atoms with van der Waals surface area (Å²) in [5, 5.41) is 11.9. The fourth-order valence-corrected chi connectivity index (χ4v) is 2.23. The molecular weight excluding hydrogens is 302 g/mol. The van der Waals surface area contributed by atoms with E-state index in [1.165, 1.54) is 0 Å². The molecule has 1 amide bonds. The Hall–Kier alpha value is -3.13. The van der Waals surface area contributed by atoms with Crippen molar-refractivity contribution in [2.45, 2.75) is 6.54 Å². The van der Waals surface area contributed by atoms with E-state index in [2.05, 4.69) is 5.32 Å². The lowest BCUT2D eigenvalue weighted by molar-refractivity contribution is -0.122. The highest BCUT2D eigenvalue weighted by molar-refractivity contribution is 6.12. The number of hydrogen-bond donors (Lipinski definition) is 1. The molecule has 0 saturated heterocycles. The lowest BCUT2D eigenvalue weighted by Gasteiger charge is -2.14. The number of ketones is 1. The molecule has 0 radical (unpaired) electrons. The number of carbonyl (C=O) groups excluding carboxylic acids is 2. The quantitative estimate of drug-likeness (QED) is 0.655. The maximum atomic E-state index is 12.5. The Balaban J connectivity index is 2.09. The van der Waals surface area contributed by atoms with Crippen LogP contribution < -0.4 is 10.2 Å². The van der Waals surface area contributed by atoms with Gasteiger partial charge in [-0.3, -0.25) is 9.59 Å². The number of amides is 1. The number of benzene rings is 2. The third kappa shape index (κ3) is 4.20. The molecule has 0 aliphatic heterocycles. The molecule has 1 atom stereocenters. The SMILES string of the molecule is CN(C)c1cccc(C(=O)C(C#N)C(=O)NCc2ccccc2)c1. The molecule has 0 fully saturated rings. The van der Waals surface area contributed by atoms with Crippen molar-refractivity contribution in [3.05, 3.63) is 65.7 Å². The van der Waals surface area contributed by atoms with Gasteiger partial charge in [-0.05, 0) is 17.7 Å². The van der Waals surface area contributed by atoms with Crippen molar-refractivity contribution in [1.29, 1.82) is 5.26 Å². The summed E-state index contributed by atoms with van der Waals surface area (Å²) >= 11 is 0. The molecule has 0 heterocycles. The first-order valence-electron chi connectivity index (χ1n) is 7.56. The molecular formula is C19H19N3O2. The highest BCUT2D eigenvalue weighted by Crippen LogP contribution is 2.17. The van der Waals surface area contributed by atoms with Crippen molar-refractivity contribution in [3.63, 3.8) is 0 Å². The zero-order chi connectivity index (χ0) is 17.5. The Kier molecular flexibility index (Phi) is 5.69. The molecule has 2 aromatic carbocycles. The molecule has 1 unspecified atom stereocenters. The molecule has 0 spiro atoms. The number of nitrogens with one attached hydrogen (secondary N) is 1. The summed E-state index contributed by atoms with van der Waals surface area (Å²) in [6, 6.07) is 18.0. The third-order valence-electron chi connectivity index (χ3n) is 3.61. The Morgan fingerprint density at radius 3 is 2.46 bits per heavy atom. The largest absolute Gasteiger partial charge is 0.378 e. The second-order valence-electron chi connectivity index (χ2n) is 5.57. The maximum Gasteiger partial charge on any atom is 0.245 e. The summed E-state index contributed by atoms with van der Waals surface area (Å²) in [4.78, 5) is 26.6. The molecule has 0 aliphatic carbocycles. The lowest BCUT2D eigenvalue weighted by atomic mass is 9.97. The van der Waals surface area contributed by atoms with E-state index < -0.39 is 17.6 Å². The zero-order valence-electron chi connectivity index (χ0n) is 13.7. The molecule has 0 aromatic heterocycles. The predicted molar refractivity (Wildman–Crippen MR) is 92.5 cm³/mol. The summed E-state index contributed by atoms with van der Waals surface area (Å²) in [6.07, 6.45) is 0. The molecule has 0 aliphatic rings. The van der Waals surface area contributed by atoms with Crippen LogP contribution in [0.25, 0.3) is 0 Å². The van der Waals surface area contributed by atoms with Gasteiger partial charge in [-0.15, -0.1) is 0 Å². The van der Waals surface area contributed by atoms with E-state index >= 15 is 0 Å². The molecule has 0 saturated carbocycles. The van der Waals surface area contributed by atoms with Crippen LogP contribution in [0.4, 0.5) is 5.69 Å². The van der Waals surface area contributed by atoms with Crippen LogP contribution in [0, 0.1) is 17.2 Å². The van der Waals surface area contributed by atoms with Crippen molar-refractivity contribution in [2.75, 3.05) is 19.0 Å². The second-order valence-corrected chi connectivity index (χ2v) is 5.57. The van der Waals surface area contributed by atoms with E-state index in [0.29, 0.717) is 5.56 Å². The number of nitriles is 1. The Morgan fingerprint density at radius 1 is 1.12 bits per heavy atom. The number of anilines is 1. The summed E-state index contributed by atoms with van der Waals surface area (Å²) in [7, 11) is 3.72. The van der Waals surface area contributed by atoms with Gasteiger partial charge in [0, 0.05) is 31.9 Å². The maximum absolute atomic E-state index is 12.5. The topological polar surface area (TPSA) is 73.2 Å². The van der Waals surface area contributed by atoms with Crippen molar-refractivity contribution in [2.24, 2.45) is 5.92 Å². The van der Waals surface area contributed by atoms with Gasteiger partial charge in [-0.1, -0.05) is 42.5 Å². The molecule has 1 N–H and O–H groups in total. The van der Waals surface area contributed by atoms with Gasteiger partial charge in [0.25, 0.3) is 0 Å². The van der Waals surface area contributed by atoms with Crippen molar-refractivity contribution < 1.29 is 9.59 Å². The van der Waals surface area contributed by atoms with Crippen LogP contribution >= 0.6 is 0 Å². The van der Waals surface area contributed by atoms with Crippen LogP contribution in [0.15, 0.2) is 54.6 Å². The van der Waals surface area contributed by atoms with Gasteiger partial charge in [-0.25, -0.2) is 0 Å². The van der Waals surface area contributed by atoms with Crippen LogP contribution in [0.5, 0.6) is 0 Å². The van der Waals surface area contributed by atoms with Crippen LogP contribution in [0.1, 0.15) is 15.9 Å². The molecule has 2 aromatic rings. The van der Waals surface area contributed by atoms with Crippen LogP contribution in [0.2, 0.25) is 0 Å². The third-order valence-corrected chi connectivity index (χ3v) is 3.61. The van der Waals surface area contributed by atoms with E-state index in [0.717, 1.165) is 11.3 Å². The summed E-state index contributed by atoms with van der Waals surface area (Å²) in [5.74, 6) is -2.43. The Bertz CT molecular complexity index is 764. The molecule has 2 rings (SSSR count). The summed E-state index contributed by atoms with van der Waals surface area (Å²) in [6.45, 7) is 0.281. The minimum Gasteiger partial charge on any atom is -0.378 e. The molecule has 5 heteroatoms. The summed E-state index contributed by atoms with van der Waals surface area (Å²) in [5.41, 5.74) is 2.09. The number of carbonyl (C=O) groups is 2. The average Bonchev–Trinajstić information content (AvgIpc) is 2.61. The molecule has 122 valence electrons. The normalized spacial score (nSPS) is 11.2. The monoisotopic (exact) mass is 321 g/mol. The van der Waals surface area contributed by atoms with E-state index in [9.17, 15) is 14.9 Å². The first-order chi connectivity index (χ1) is 11.5. The van der Waals surface area contributed by atoms with Gasteiger partial charge in [0.1, 0.15) is 0 Å². The molecule has 24 heavy (non-hydrogen) atoms. The lowest BCUT2D eigenvalue weighted by Crippen LogP contribution is -2.34. The predicted octanol–water partition coefficient (Wildman–Crippen LogP) is 2.39. The fourth-order valence-electron chi connectivity index (χ4n) is 2.23. The van der Waals surface area contributed by atoms with Gasteiger partial charge in [-0.2, -0.15) is 5.26 Å². The molecule has 0 bridgehead atoms. The zero-order valence-corrected chi connectivity index (χ0v) is 13.7. The average molecular weight is 321 g/mol. The van der Waals surface area contributed by atoms with Gasteiger partial charge in [0.05, 0.1) is 6.07 Å². The number of hydrogen-bond acceptors (Lipinski definition) is 4. The Morgan fingerprint density at radius 2 is 1.83 bits per heavy atom. The van der Waals surface area contributed by atoms with Crippen LogP contribution in [-0.2, 0) is 11.3 Å².